The van der Waals surface area contributed by atoms with E-state index in [0.29, 0.717) is 0 Å². The van der Waals surface area contributed by atoms with E-state index in [1.54, 1.807) is 0 Å². The summed E-state index contributed by atoms with van der Waals surface area (Å²) in [5.41, 5.74) is 0. The average Bonchev–Trinajstić information content (AvgIpc) is 2.28. The van der Waals surface area contributed by atoms with Crippen molar-refractivity contribution < 1.29 is 0 Å². The molecule has 0 saturated carbocycles. The van der Waals surface area contributed by atoms with E-state index < -0.39 is 0 Å². The molecule has 0 aromatic heterocycles. The second-order valence-corrected chi connectivity index (χ2v) is 4.23. The predicted molar refractivity (Wildman–Crippen MR) is 69.4 cm³/mol. The molecule has 0 aliphatic rings. The lowest BCUT2D eigenvalue weighted by Crippen LogP contribution is -2.32. The topological polar surface area (TPSA) is 15.3 Å². The molecule has 0 spiro atoms. The molecule has 0 saturated heterocycles. The fraction of sp³-hybridized carbons (Fsp3) is 1.00. The number of rotatable bonds is 10. The van der Waals surface area contributed by atoms with Crippen LogP contribution in [0, 0.1) is 0 Å². The fourth-order valence-electron chi connectivity index (χ4n) is 1.95. The third-order valence-electron chi connectivity index (χ3n) is 3.11. The summed E-state index contributed by atoms with van der Waals surface area (Å²) < 4.78 is 0. The van der Waals surface area contributed by atoms with Crippen LogP contribution in [-0.4, -0.2) is 37.1 Å². The quantitative estimate of drug-likeness (QED) is 0.563. The van der Waals surface area contributed by atoms with Crippen LogP contribution >= 0.6 is 0 Å². The Morgan fingerprint density at radius 3 is 2.20 bits per heavy atom. The highest BCUT2D eigenvalue weighted by Gasteiger charge is 2.03. The Morgan fingerprint density at radius 1 is 1.07 bits per heavy atom. The van der Waals surface area contributed by atoms with Gasteiger partial charge in [-0.2, -0.15) is 0 Å². The molecule has 0 radical (unpaired) electrons. The Morgan fingerprint density at radius 2 is 1.73 bits per heavy atom. The van der Waals surface area contributed by atoms with E-state index in [9.17, 15) is 0 Å². The highest BCUT2D eigenvalue weighted by Crippen LogP contribution is 2.00. The van der Waals surface area contributed by atoms with Crippen LogP contribution in [0.15, 0.2) is 0 Å². The molecule has 0 heterocycles. The molecule has 2 nitrogen and oxygen atoms in total. The van der Waals surface area contributed by atoms with E-state index in [-0.39, 0.29) is 0 Å². The minimum absolute atomic E-state index is 0.742. The van der Waals surface area contributed by atoms with Gasteiger partial charge in [-0.1, -0.05) is 34.1 Å². The molecule has 0 aromatic carbocycles. The van der Waals surface area contributed by atoms with Crippen LogP contribution in [0.3, 0.4) is 0 Å². The maximum Gasteiger partial charge on any atom is 0.00643 e. The molecule has 0 aliphatic heterocycles. The van der Waals surface area contributed by atoms with Gasteiger partial charge in [-0.3, -0.25) is 0 Å². The van der Waals surface area contributed by atoms with Crippen LogP contribution in [0.25, 0.3) is 0 Å². The van der Waals surface area contributed by atoms with Crippen molar-refractivity contribution in [3.63, 3.8) is 0 Å². The van der Waals surface area contributed by atoms with Crippen molar-refractivity contribution in [2.24, 2.45) is 0 Å². The number of hydrogen-bond donors (Lipinski definition) is 1. The van der Waals surface area contributed by atoms with Crippen molar-refractivity contribution in [3.8, 4) is 0 Å². The van der Waals surface area contributed by atoms with Crippen molar-refractivity contribution >= 4 is 0 Å². The normalized spacial score (nSPS) is 13.4. The molecule has 92 valence electrons. The first-order valence-electron chi connectivity index (χ1n) is 6.74. The van der Waals surface area contributed by atoms with E-state index >= 15 is 0 Å². The van der Waals surface area contributed by atoms with Gasteiger partial charge in [-0.05, 0) is 45.4 Å². The summed E-state index contributed by atoms with van der Waals surface area (Å²) in [7, 11) is 0. The smallest absolute Gasteiger partial charge is 0.00643 e. The highest BCUT2D eigenvalue weighted by molar-refractivity contribution is 4.64. The van der Waals surface area contributed by atoms with Crippen molar-refractivity contribution in [2.75, 3.05) is 26.2 Å². The molecule has 0 aromatic rings. The average molecular weight is 214 g/mol. The maximum atomic E-state index is 3.65. The first-order valence-corrected chi connectivity index (χ1v) is 6.74. The maximum absolute atomic E-state index is 3.65. The van der Waals surface area contributed by atoms with Gasteiger partial charge in [0.1, 0.15) is 0 Å². The first-order chi connectivity index (χ1) is 7.28. The lowest BCUT2D eigenvalue weighted by atomic mass is 10.1. The van der Waals surface area contributed by atoms with Gasteiger partial charge in [-0.25, -0.2) is 0 Å². The lowest BCUT2D eigenvalue weighted by Gasteiger charge is -2.20. The zero-order valence-corrected chi connectivity index (χ0v) is 11.2. The monoisotopic (exact) mass is 214 g/mol. The molecule has 0 bridgehead atoms. The van der Waals surface area contributed by atoms with E-state index in [2.05, 4.69) is 37.9 Å². The van der Waals surface area contributed by atoms with Gasteiger partial charge in [0.25, 0.3) is 0 Å². The van der Waals surface area contributed by atoms with Crippen molar-refractivity contribution in [1.82, 2.24) is 10.2 Å². The molecule has 0 fully saturated rings. The molecule has 1 unspecified atom stereocenters. The van der Waals surface area contributed by atoms with Crippen molar-refractivity contribution in [2.45, 2.75) is 59.4 Å². The third kappa shape index (κ3) is 7.80. The third-order valence-corrected chi connectivity index (χ3v) is 3.11. The molecule has 1 atom stereocenters. The van der Waals surface area contributed by atoms with Gasteiger partial charge in [0.2, 0.25) is 0 Å². The predicted octanol–water partition coefficient (Wildman–Crippen LogP) is 2.89. The zero-order valence-electron chi connectivity index (χ0n) is 11.2. The van der Waals surface area contributed by atoms with Crippen LogP contribution in [-0.2, 0) is 0 Å². The van der Waals surface area contributed by atoms with Gasteiger partial charge in [0.15, 0.2) is 0 Å². The standard InChI is InChI=1S/C13H30N2/c1-5-10-13(6-2)14-11-9-12-15(7-3)8-4/h13-14H,5-12H2,1-4H3. The van der Waals surface area contributed by atoms with Crippen LogP contribution in [0.1, 0.15) is 53.4 Å². The van der Waals surface area contributed by atoms with Gasteiger partial charge in [-0.15, -0.1) is 0 Å². The van der Waals surface area contributed by atoms with Gasteiger partial charge in [0.05, 0.1) is 0 Å². The Kier molecular flexibility index (Phi) is 10.4. The number of nitrogens with zero attached hydrogens (tertiary/aromatic N) is 1. The summed E-state index contributed by atoms with van der Waals surface area (Å²) >= 11 is 0. The second-order valence-electron chi connectivity index (χ2n) is 4.23. The molecular formula is C13H30N2. The zero-order chi connectivity index (χ0) is 11.5. The van der Waals surface area contributed by atoms with E-state index in [1.807, 2.05) is 0 Å². The Labute approximate surface area is 96.4 Å². The van der Waals surface area contributed by atoms with Crippen molar-refractivity contribution in [3.05, 3.63) is 0 Å². The number of hydrogen-bond acceptors (Lipinski definition) is 2. The minimum Gasteiger partial charge on any atom is -0.314 e. The van der Waals surface area contributed by atoms with Crippen LogP contribution in [0.2, 0.25) is 0 Å². The largest absolute Gasteiger partial charge is 0.314 e. The van der Waals surface area contributed by atoms with E-state index in [4.69, 9.17) is 0 Å². The number of nitrogens with one attached hydrogen (secondary N) is 1. The van der Waals surface area contributed by atoms with E-state index in [1.165, 1.54) is 51.9 Å². The Balaban J connectivity index is 3.42. The second kappa shape index (κ2) is 10.4. The minimum atomic E-state index is 0.742. The summed E-state index contributed by atoms with van der Waals surface area (Å²) in [5.74, 6) is 0. The Hall–Kier alpha value is -0.0800. The summed E-state index contributed by atoms with van der Waals surface area (Å²) in [5, 5.41) is 3.65. The molecule has 0 aliphatic carbocycles. The summed E-state index contributed by atoms with van der Waals surface area (Å²) in [6.07, 6.45) is 5.16. The molecule has 0 amide bonds. The fourth-order valence-corrected chi connectivity index (χ4v) is 1.95. The summed E-state index contributed by atoms with van der Waals surface area (Å²) in [4.78, 5) is 2.49. The van der Waals surface area contributed by atoms with Crippen molar-refractivity contribution in [1.29, 1.82) is 0 Å². The van der Waals surface area contributed by atoms with Gasteiger partial charge in [0, 0.05) is 6.04 Å². The molecule has 15 heavy (non-hydrogen) atoms. The SMILES string of the molecule is CCCC(CC)NCCCN(CC)CC. The van der Waals surface area contributed by atoms with Crippen LogP contribution in [0.5, 0.6) is 0 Å². The lowest BCUT2D eigenvalue weighted by molar-refractivity contribution is 0.294. The molecule has 1 N–H and O–H groups in total. The highest BCUT2D eigenvalue weighted by atomic mass is 15.1. The van der Waals surface area contributed by atoms with Gasteiger partial charge < -0.3 is 10.2 Å². The van der Waals surface area contributed by atoms with Gasteiger partial charge >= 0.3 is 0 Å². The van der Waals surface area contributed by atoms with Crippen LogP contribution in [0.4, 0.5) is 0 Å². The summed E-state index contributed by atoms with van der Waals surface area (Å²) in [6, 6.07) is 0.742. The molecule has 2 heteroatoms. The summed E-state index contributed by atoms with van der Waals surface area (Å²) in [6.45, 7) is 13.8. The first kappa shape index (κ1) is 14.9. The Bertz CT molecular complexity index is 122. The van der Waals surface area contributed by atoms with E-state index in [0.717, 1.165) is 6.04 Å². The van der Waals surface area contributed by atoms with Crippen LogP contribution < -0.4 is 5.32 Å². The molecular weight excluding hydrogens is 184 g/mol. The molecule has 0 rings (SSSR count).